The van der Waals surface area contributed by atoms with Crippen LogP contribution in [0.5, 0.6) is 0 Å². The van der Waals surface area contributed by atoms with Gasteiger partial charge in [-0.25, -0.2) is 0 Å². The van der Waals surface area contributed by atoms with Crippen LogP contribution < -0.4 is 0 Å². The molecule has 1 aromatic rings. The fourth-order valence-corrected chi connectivity index (χ4v) is 1.08. The van der Waals surface area contributed by atoms with Gasteiger partial charge in [0.1, 0.15) is 0 Å². The zero-order valence-electron chi connectivity index (χ0n) is 6.13. The van der Waals surface area contributed by atoms with Crippen molar-refractivity contribution in [1.29, 1.82) is 0 Å². The molecule has 0 aliphatic rings. The van der Waals surface area contributed by atoms with E-state index in [4.69, 9.17) is 16.6 Å². The Morgan fingerprint density at radius 3 is 2.82 bits per heavy atom. The quantitative estimate of drug-likeness (QED) is 0.480. The third-order valence-electron chi connectivity index (χ3n) is 1.35. The zero-order chi connectivity index (χ0) is 8.27. The second-order valence-electron chi connectivity index (χ2n) is 2.26. The highest BCUT2D eigenvalue weighted by Crippen LogP contribution is 2.05. The maximum absolute atomic E-state index is 4.91. The van der Waals surface area contributed by atoms with E-state index >= 15 is 0 Å². The Balaban J connectivity index is 2.96. The van der Waals surface area contributed by atoms with E-state index in [-0.39, 0.29) is 0 Å². The number of hydrogen-bond donors (Lipinski definition) is 0. The molecule has 0 aliphatic carbocycles. The summed E-state index contributed by atoms with van der Waals surface area (Å²) < 4.78 is 4.73. The van der Waals surface area contributed by atoms with Crippen molar-refractivity contribution < 1.29 is 4.43 Å². The van der Waals surface area contributed by atoms with Crippen molar-refractivity contribution >= 4 is 27.8 Å². The van der Waals surface area contributed by atoms with Crippen molar-refractivity contribution in [2.45, 2.75) is 6.92 Å². The molecule has 0 spiro atoms. The van der Waals surface area contributed by atoms with Crippen LogP contribution in [0.15, 0.2) is 24.3 Å². The van der Waals surface area contributed by atoms with Crippen LogP contribution in [0, 0.1) is 6.92 Å². The van der Waals surface area contributed by atoms with E-state index in [0.29, 0.717) is 5.05 Å². The van der Waals surface area contributed by atoms with Gasteiger partial charge in [-0.3, -0.25) is 0 Å². The molecule has 0 N–H and O–H groups in total. The number of aryl methyl sites for hydroxylation is 1. The Bertz CT molecular complexity index is 273. The summed E-state index contributed by atoms with van der Waals surface area (Å²) in [4.78, 5) is 0. The molecule has 0 unspecified atom stereocenters. The van der Waals surface area contributed by atoms with Gasteiger partial charge < -0.3 is 4.43 Å². The molecule has 3 heteroatoms. The second-order valence-corrected chi connectivity index (χ2v) is 2.83. The van der Waals surface area contributed by atoms with Gasteiger partial charge in [-0.1, -0.05) is 23.8 Å². The van der Waals surface area contributed by atoms with Crippen molar-refractivity contribution in [3.05, 3.63) is 35.4 Å². The molecular formula is C8H7OSSi. The molecule has 0 fully saturated rings. The Morgan fingerprint density at radius 1 is 1.55 bits per heavy atom. The Labute approximate surface area is 74.9 Å². The summed E-state index contributed by atoms with van der Waals surface area (Å²) in [6, 6.07) is 7.85. The first-order chi connectivity index (χ1) is 5.24. The number of thiocarbonyl (C=S) groups is 1. The first kappa shape index (κ1) is 8.42. The van der Waals surface area contributed by atoms with Gasteiger partial charge in [0.15, 0.2) is 5.05 Å². The molecule has 0 heterocycles. The van der Waals surface area contributed by atoms with Gasteiger partial charge in [-0.15, -0.1) is 0 Å². The predicted molar refractivity (Wildman–Crippen MR) is 49.7 cm³/mol. The highest BCUT2D eigenvalue weighted by atomic mass is 32.1. The first-order valence-electron chi connectivity index (χ1n) is 3.18. The fourth-order valence-electron chi connectivity index (χ4n) is 0.831. The number of rotatable bonds is 1. The van der Waals surface area contributed by atoms with Gasteiger partial charge in [-0.05, 0) is 25.2 Å². The van der Waals surface area contributed by atoms with Crippen LogP contribution in [-0.4, -0.2) is 15.5 Å². The minimum atomic E-state index is 0.463. The van der Waals surface area contributed by atoms with Gasteiger partial charge in [0.05, 0.1) is 0 Å². The van der Waals surface area contributed by atoms with Crippen LogP contribution in [0.25, 0.3) is 0 Å². The topological polar surface area (TPSA) is 9.23 Å². The minimum Gasteiger partial charge on any atom is -0.533 e. The third-order valence-corrected chi connectivity index (χ3v) is 2.02. The second kappa shape index (κ2) is 3.64. The molecule has 0 saturated heterocycles. The van der Waals surface area contributed by atoms with Gasteiger partial charge in [-0.2, -0.15) is 0 Å². The number of hydrogen-bond acceptors (Lipinski definition) is 2. The van der Waals surface area contributed by atoms with Gasteiger partial charge in [0.25, 0.3) is 0 Å². The lowest BCUT2D eigenvalue weighted by atomic mass is 10.1. The molecule has 55 valence electrons. The van der Waals surface area contributed by atoms with E-state index in [0.717, 1.165) is 5.56 Å². The van der Waals surface area contributed by atoms with Crippen molar-refractivity contribution in [1.82, 2.24) is 0 Å². The smallest absolute Gasteiger partial charge is 0.342 e. The average molecular weight is 179 g/mol. The van der Waals surface area contributed by atoms with E-state index in [2.05, 4.69) is 10.5 Å². The van der Waals surface area contributed by atoms with E-state index in [1.54, 1.807) is 0 Å². The van der Waals surface area contributed by atoms with E-state index in [1.165, 1.54) is 5.56 Å². The van der Waals surface area contributed by atoms with Crippen molar-refractivity contribution in [3.63, 3.8) is 0 Å². The first-order valence-corrected chi connectivity index (χ1v) is 4.00. The zero-order valence-corrected chi connectivity index (χ0v) is 7.94. The van der Waals surface area contributed by atoms with Crippen LogP contribution >= 0.6 is 12.2 Å². The van der Waals surface area contributed by atoms with Crippen LogP contribution in [0.2, 0.25) is 0 Å². The lowest BCUT2D eigenvalue weighted by Gasteiger charge is -2.01. The van der Waals surface area contributed by atoms with Crippen molar-refractivity contribution in [2.75, 3.05) is 0 Å². The molecule has 0 aliphatic heterocycles. The van der Waals surface area contributed by atoms with E-state index < -0.39 is 0 Å². The summed E-state index contributed by atoms with van der Waals surface area (Å²) >= 11 is 4.91. The fraction of sp³-hybridized carbons (Fsp3) is 0.125. The molecular weight excluding hydrogens is 172 g/mol. The minimum absolute atomic E-state index is 0.463. The normalized spacial score (nSPS) is 9.27. The van der Waals surface area contributed by atoms with Crippen LogP contribution in [0.1, 0.15) is 11.1 Å². The van der Waals surface area contributed by atoms with Gasteiger partial charge >= 0.3 is 10.5 Å². The van der Waals surface area contributed by atoms with Crippen molar-refractivity contribution in [2.24, 2.45) is 0 Å². The van der Waals surface area contributed by atoms with Crippen LogP contribution in [-0.2, 0) is 4.43 Å². The highest BCUT2D eigenvalue weighted by molar-refractivity contribution is 7.80. The van der Waals surface area contributed by atoms with Crippen molar-refractivity contribution in [3.8, 4) is 0 Å². The summed E-state index contributed by atoms with van der Waals surface area (Å²) in [6.45, 7) is 2.01. The van der Waals surface area contributed by atoms with Gasteiger partial charge in [0.2, 0.25) is 0 Å². The maximum Gasteiger partial charge on any atom is 0.342 e. The molecule has 0 saturated carbocycles. The number of benzene rings is 1. The summed E-state index contributed by atoms with van der Waals surface area (Å²) in [5.74, 6) is 0. The van der Waals surface area contributed by atoms with Crippen LogP contribution in [0.3, 0.4) is 0 Å². The molecule has 0 amide bonds. The Hall–Kier alpha value is -0.673. The maximum atomic E-state index is 4.91. The summed E-state index contributed by atoms with van der Waals surface area (Å²) in [5.41, 5.74) is 2.10. The summed E-state index contributed by atoms with van der Waals surface area (Å²) in [5, 5.41) is 0.463. The lowest BCUT2D eigenvalue weighted by molar-refractivity contribution is 0.632. The monoisotopic (exact) mass is 179 g/mol. The molecule has 0 bridgehead atoms. The molecule has 0 aromatic heterocycles. The predicted octanol–water partition coefficient (Wildman–Crippen LogP) is 1.77. The summed E-state index contributed by atoms with van der Waals surface area (Å²) in [6.07, 6.45) is 0. The molecule has 1 nitrogen and oxygen atoms in total. The Morgan fingerprint density at radius 2 is 2.27 bits per heavy atom. The standard InChI is InChI=1S/C8H7OSSi/c1-6-3-2-4-7(5-6)8(10)9-11/h2-5H,1H3. The average Bonchev–Trinajstić information content (AvgIpc) is 2.03. The Kier molecular flexibility index (Phi) is 2.79. The lowest BCUT2D eigenvalue weighted by Crippen LogP contribution is -1.99. The molecule has 0 atom stereocenters. The molecule has 11 heavy (non-hydrogen) atoms. The molecule has 3 radical (unpaired) electrons. The largest absolute Gasteiger partial charge is 0.533 e. The SMILES string of the molecule is Cc1cccc(C(=S)O[Si])c1. The molecule has 1 rings (SSSR count). The summed E-state index contributed by atoms with van der Waals surface area (Å²) in [7, 11) is 2.88. The third kappa shape index (κ3) is 2.13. The highest BCUT2D eigenvalue weighted by Gasteiger charge is 1.97. The van der Waals surface area contributed by atoms with Crippen LogP contribution in [0.4, 0.5) is 0 Å². The van der Waals surface area contributed by atoms with E-state index in [9.17, 15) is 0 Å². The van der Waals surface area contributed by atoms with Gasteiger partial charge in [0, 0.05) is 5.56 Å². The van der Waals surface area contributed by atoms with E-state index in [1.807, 2.05) is 31.2 Å². The molecule has 1 aromatic carbocycles.